The lowest BCUT2D eigenvalue weighted by Crippen LogP contribution is -2.37. The Bertz CT molecular complexity index is 445. The Balaban J connectivity index is 2.42. The molecule has 0 fully saturated rings. The van der Waals surface area contributed by atoms with Crippen molar-refractivity contribution in [2.45, 2.75) is 0 Å². The summed E-state index contributed by atoms with van der Waals surface area (Å²) in [6.45, 7) is 0.545. The highest BCUT2D eigenvalue weighted by Crippen LogP contribution is 2.12. The van der Waals surface area contributed by atoms with Crippen molar-refractivity contribution in [2.75, 3.05) is 6.54 Å². The molecule has 0 bridgehead atoms. The second-order valence-corrected chi connectivity index (χ2v) is 3.62. The number of hydrogen-bond acceptors (Lipinski definition) is 2. The zero-order valence-electron chi connectivity index (χ0n) is 7.97. The topological polar surface area (TPSA) is 48.2 Å². The van der Waals surface area contributed by atoms with E-state index in [0.717, 1.165) is 11.3 Å². The smallest absolute Gasteiger partial charge is 0.193 e. The van der Waals surface area contributed by atoms with Gasteiger partial charge < -0.3 is 5.32 Å². The molecule has 0 saturated carbocycles. The molecule has 1 aromatic carbocycles. The van der Waals surface area contributed by atoms with E-state index in [9.17, 15) is 0 Å². The summed E-state index contributed by atoms with van der Waals surface area (Å²) in [7, 11) is 0. The summed E-state index contributed by atoms with van der Waals surface area (Å²) < 4.78 is 0. The minimum Gasteiger partial charge on any atom is -0.359 e. The zero-order valence-corrected chi connectivity index (χ0v) is 8.79. The number of rotatable bonds is 1. The van der Waals surface area contributed by atoms with E-state index >= 15 is 0 Å². The average Bonchev–Trinajstić information content (AvgIpc) is 2.30. The zero-order chi connectivity index (χ0) is 10.7. The highest BCUT2D eigenvalue weighted by atomic mass is 32.1. The summed E-state index contributed by atoms with van der Waals surface area (Å²) in [5, 5.41) is 12.4. The molecule has 0 aliphatic carbocycles. The van der Waals surface area contributed by atoms with Gasteiger partial charge in [-0.25, -0.2) is 4.99 Å². The minimum atomic E-state index is -0.223. The Morgan fingerprint density at radius 1 is 1.40 bits per heavy atom. The normalized spacial score (nSPS) is 20.1. The number of nitrogens with zero attached hydrogens (tertiary/aromatic N) is 2. The first-order chi connectivity index (χ1) is 7.31. The number of hydrogen-bond donors (Lipinski definition) is 1. The maximum Gasteiger partial charge on any atom is 0.193 e. The Morgan fingerprint density at radius 3 is 2.80 bits per heavy atom. The van der Waals surface area contributed by atoms with Gasteiger partial charge in [0.2, 0.25) is 0 Å². The van der Waals surface area contributed by atoms with Gasteiger partial charge in [-0.2, -0.15) is 5.26 Å². The predicted octanol–water partition coefficient (Wildman–Crippen LogP) is 1.50. The van der Waals surface area contributed by atoms with Gasteiger partial charge in [0.25, 0.3) is 0 Å². The molecule has 1 aromatic rings. The molecule has 1 aliphatic heterocycles. The van der Waals surface area contributed by atoms with E-state index in [1.807, 2.05) is 30.3 Å². The highest BCUT2D eigenvalue weighted by Gasteiger charge is 2.21. The molecule has 0 amide bonds. The van der Waals surface area contributed by atoms with Crippen LogP contribution in [0.15, 0.2) is 35.3 Å². The number of thiocarbonyl (C=S) groups is 1. The SMILES string of the molecule is N#C[C@H]1CNC(=S)N=C1c1ccccc1. The van der Waals surface area contributed by atoms with Crippen LogP contribution in [0.1, 0.15) is 5.56 Å². The second-order valence-electron chi connectivity index (χ2n) is 3.23. The highest BCUT2D eigenvalue weighted by molar-refractivity contribution is 7.80. The summed E-state index contributed by atoms with van der Waals surface area (Å²) in [6, 6.07) is 11.9. The average molecular weight is 215 g/mol. The summed E-state index contributed by atoms with van der Waals surface area (Å²) in [4.78, 5) is 4.22. The fourth-order valence-corrected chi connectivity index (χ4v) is 1.68. The summed E-state index contributed by atoms with van der Waals surface area (Å²) in [5.74, 6) is -0.223. The van der Waals surface area contributed by atoms with Crippen LogP contribution in [0, 0.1) is 17.2 Å². The summed E-state index contributed by atoms with van der Waals surface area (Å²) in [6.07, 6.45) is 0. The molecule has 74 valence electrons. The fraction of sp³-hybridized carbons (Fsp3) is 0.182. The van der Waals surface area contributed by atoms with Gasteiger partial charge in [0.05, 0.1) is 11.8 Å². The van der Waals surface area contributed by atoms with E-state index in [0.29, 0.717) is 11.7 Å². The summed E-state index contributed by atoms with van der Waals surface area (Å²) >= 11 is 4.98. The Kier molecular flexibility index (Phi) is 2.75. The van der Waals surface area contributed by atoms with Crippen LogP contribution in [0.3, 0.4) is 0 Å². The second kappa shape index (κ2) is 4.20. The molecule has 1 aliphatic rings. The van der Waals surface area contributed by atoms with Crippen LogP contribution < -0.4 is 5.32 Å². The third kappa shape index (κ3) is 2.03. The van der Waals surface area contributed by atoms with Crippen LogP contribution in [0.4, 0.5) is 0 Å². The Hall–Kier alpha value is -1.73. The lowest BCUT2D eigenvalue weighted by Gasteiger charge is -2.19. The molecular formula is C11H9N3S. The molecule has 15 heavy (non-hydrogen) atoms. The number of aliphatic imine (C=N–C) groups is 1. The van der Waals surface area contributed by atoms with Gasteiger partial charge in [0, 0.05) is 6.54 Å². The predicted molar refractivity (Wildman–Crippen MR) is 62.7 cm³/mol. The first-order valence-electron chi connectivity index (χ1n) is 4.62. The van der Waals surface area contributed by atoms with Crippen LogP contribution >= 0.6 is 12.2 Å². The first kappa shape index (κ1) is 9.81. The molecule has 0 unspecified atom stereocenters. The van der Waals surface area contributed by atoms with Gasteiger partial charge in [0.1, 0.15) is 5.92 Å². The summed E-state index contributed by atoms with van der Waals surface area (Å²) in [5.41, 5.74) is 1.73. The van der Waals surface area contributed by atoms with Crippen molar-refractivity contribution in [3.05, 3.63) is 35.9 Å². The molecule has 1 N–H and O–H groups in total. The first-order valence-corrected chi connectivity index (χ1v) is 5.03. The third-order valence-electron chi connectivity index (χ3n) is 2.23. The lowest BCUT2D eigenvalue weighted by molar-refractivity contribution is 0.781. The van der Waals surface area contributed by atoms with Crippen molar-refractivity contribution < 1.29 is 0 Å². The van der Waals surface area contributed by atoms with E-state index < -0.39 is 0 Å². The van der Waals surface area contributed by atoms with Crippen LogP contribution in [0.2, 0.25) is 0 Å². The van der Waals surface area contributed by atoms with Gasteiger partial charge >= 0.3 is 0 Å². The molecule has 0 radical (unpaired) electrons. The maximum atomic E-state index is 8.99. The fourth-order valence-electron chi connectivity index (χ4n) is 1.49. The van der Waals surface area contributed by atoms with E-state index in [1.165, 1.54) is 0 Å². The van der Waals surface area contributed by atoms with Gasteiger partial charge in [-0.05, 0) is 17.8 Å². The molecule has 3 nitrogen and oxygen atoms in total. The molecule has 0 aromatic heterocycles. The van der Waals surface area contributed by atoms with Crippen molar-refractivity contribution in [1.29, 1.82) is 5.26 Å². The van der Waals surface area contributed by atoms with E-state index in [4.69, 9.17) is 17.5 Å². The molecule has 2 rings (SSSR count). The van der Waals surface area contributed by atoms with Crippen LogP contribution in [-0.4, -0.2) is 17.4 Å². The van der Waals surface area contributed by atoms with Crippen LogP contribution in [0.5, 0.6) is 0 Å². The Labute approximate surface area is 93.4 Å². The molecule has 1 heterocycles. The minimum absolute atomic E-state index is 0.223. The van der Waals surface area contributed by atoms with E-state index in [-0.39, 0.29) is 5.92 Å². The van der Waals surface area contributed by atoms with Crippen LogP contribution in [-0.2, 0) is 0 Å². The number of nitrogens with one attached hydrogen (secondary N) is 1. The van der Waals surface area contributed by atoms with E-state index in [2.05, 4.69) is 16.4 Å². The monoisotopic (exact) mass is 215 g/mol. The number of benzene rings is 1. The largest absolute Gasteiger partial charge is 0.359 e. The maximum absolute atomic E-state index is 8.99. The molecular weight excluding hydrogens is 206 g/mol. The standard InChI is InChI=1S/C11H9N3S/c12-6-9-7-13-11(15)14-10(9)8-4-2-1-3-5-8/h1-5,9H,7H2,(H,13,15)/t9-/m0/s1. The van der Waals surface area contributed by atoms with Gasteiger partial charge in [-0.15, -0.1) is 0 Å². The van der Waals surface area contributed by atoms with Crippen molar-refractivity contribution in [2.24, 2.45) is 10.9 Å². The molecule has 4 heteroatoms. The number of nitriles is 1. The van der Waals surface area contributed by atoms with Crippen molar-refractivity contribution in [3.8, 4) is 6.07 Å². The van der Waals surface area contributed by atoms with E-state index in [1.54, 1.807) is 0 Å². The van der Waals surface area contributed by atoms with Gasteiger partial charge in [0.15, 0.2) is 5.11 Å². The van der Waals surface area contributed by atoms with Crippen molar-refractivity contribution in [3.63, 3.8) is 0 Å². The quantitative estimate of drug-likeness (QED) is 0.722. The van der Waals surface area contributed by atoms with Gasteiger partial charge in [-0.1, -0.05) is 30.3 Å². The molecule has 0 spiro atoms. The van der Waals surface area contributed by atoms with Crippen molar-refractivity contribution in [1.82, 2.24) is 5.32 Å². The lowest BCUT2D eigenvalue weighted by atomic mass is 9.97. The Morgan fingerprint density at radius 2 is 2.13 bits per heavy atom. The van der Waals surface area contributed by atoms with Crippen molar-refractivity contribution >= 4 is 23.0 Å². The van der Waals surface area contributed by atoms with Crippen LogP contribution in [0.25, 0.3) is 0 Å². The molecule has 1 atom stereocenters. The third-order valence-corrected chi connectivity index (χ3v) is 2.47. The molecule has 0 saturated heterocycles. The van der Waals surface area contributed by atoms with Gasteiger partial charge in [-0.3, -0.25) is 0 Å².